The first kappa shape index (κ1) is 11.9. The summed E-state index contributed by atoms with van der Waals surface area (Å²) in [6, 6.07) is 8.08. The van der Waals surface area contributed by atoms with Gasteiger partial charge in [0.05, 0.1) is 0 Å². The van der Waals surface area contributed by atoms with Gasteiger partial charge in [-0.3, -0.25) is 0 Å². The molecule has 2 rings (SSSR count). The number of benzene rings is 1. The maximum absolute atomic E-state index is 5.85. The molecule has 1 aliphatic carbocycles. The fourth-order valence-electron chi connectivity index (χ4n) is 2.18. The zero-order valence-corrected chi connectivity index (χ0v) is 10.8. The highest BCUT2D eigenvalue weighted by Crippen LogP contribution is 2.51. The summed E-state index contributed by atoms with van der Waals surface area (Å²) in [4.78, 5) is 0. The van der Waals surface area contributed by atoms with Crippen LogP contribution in [0.4, 0.5) is 0 Å². The molecule has 0 aliphatic heterocycles. The Morgan fingerprint density at radius 2 is 1.88 bits per heavy atom. The predicted molar refractivity (Wildman–Crippen MR) is 69.7 cm³/mol. The van der Waals surface area contributed by atoms with Gasteiger partial charge in [-0.25, -0.2) is 0 Å². The van der Waals surface area contributed by atoms with E-state index in [1.165, 1.54) is 18.4 Å². The summed E-state index contributed by atoms with van der Waals surface area (Å²) in [6.07, 6.45) is 2.77. The Kier molecular flexibility index (Phi) is 3.56. The lowest BCUT2D eigenvalue weighted by Gasteiger charge is -2.20. The summed E-state index contributed by atoms with van der Waals surface area (Å²) in [5.41, 5.74) is 1.90. The fraction of sp³-hybridized carbons (Fsp3) is 0.571. The Hall–Kier alpha value is -0.530. The van der Waals surface area contributed by atoms with Crippen molar-refractivity contribution in [3.63, 3.8) is 0 Å². The summed E-state index contributed by atoms with van der Waals surface area (Å²) in [6.45, 7) is 6.76. The van der Waals surface area contributed by atoms with Gasteiger partial charge in [-0.2, -0.15) is 0 Å². The number of hydrogen-bond donors (Lipinski definition) is 1. The first-order valence-electron chi connectivity index (χ1n) is 6.08. The molecule has 0 bridgehead atoms. The normalized spacial score (nSPS) is 17.8. The van der Waals surface area contributed by atoms with Crippen molar-refractivity contribution in [1.29, 1.82) is 0 Å². The zero-order valence-electron chi connectivity index (χ0n) is 10.1. The molecule has 1 saturated carbocycles. The fourth-order valence-corrected chi connectivity index (χ4v) is 2.30. The maximum atomic E-state index is 5.85. The number of rotatable bonds is 5. The van der Waals surface area contributed by atoms with Gasteiger partial charge in [0.15, 0.2) is 0 Å². The minimum Gasteiger partial charge on any atom is -0.312 e. The van der Waals surface area contributed by atoms with Crippen LogP contribution >= 0.6 is 11.6 Å². The van der Waals surface area contributed by atoms with Crippen molar-refractivity contribution in [3.05, 3.63) is 34.9 Å². The molecule has 16 heavy (non-hydrogen) atoms. The van der Waals surface area contributed by atoms with Crippen molar-refractivity contribution in [2.45, 2.75) is 33.2 Å². The highest BCUT2D eigenvalue weighted by molar-refractivity contribution is 6.30. The van der Waals surface area contributed by atoms with E-state index < -0.39 is 0 Å². The van der Waals surface area contributed by atoms with Crippen molar-refractivity contribution < 1.29 is 0 Å². The quantitative estimate of drug-likeness (QED) is 0.820. The van der Waals surface area contributed by atoms with Crippen molar-refractivity contribution >= 4 is 11.6 Å². The van der Waals surface area contributed by atoms with Gasteiger partial charge < -0.3 is 5.32 Å². The lowest BCUT2D eigenvalue weighted by atomic mass is 9.92. The monoisotopic (exact) mass is 237 g/mol. The number of hydrogen-bond acceptors (Lipinski definition) is 1. The van der Waals surface area contributed by atoms with Crippen LogP contribution in [0.2, 0.25) is 5.02 Å². The van der Waals surface area contributed by atoms with Gasteiger partial charge in [-0.15, -0.1) is 0 Å². The van der Waals surface area contributed by atoms with E-state index in [0.717, 1.165) is 24.0 Å². The van der Waals surface area contributed by atoms with Crippen molar-refractivity contribution in [1.82, 2.24) is 5.32 Å². The Morgan fingerprint density at radius 3 is 2.38 bits per heavy atom. The molecule has 88 valence electrons. The second-order valence-corrected chi connectivity index (χ2v) is 5.68. The van der Waals surface area contributed by atoms with Crippen LogP contribution in [0.5, 0.6) is 0 Å². The van der Waals surface area contributed by atoms with Gasteiger partial charge >= 0.3 is 0 Å². The summed E-state index contributed by atoms with van der Waals surface area (Å²) in [5, 5.41) is 4.37. The average Bonchev–Trinajstić information content (AvgIpc) is 3.02. The van der Waals surface area contributed by atoms with Crippen molar-refractivity contribution in [3.8, 4) is 0 Å². The molecule has 1 nitrogen and oxygen atoms in total. The molecular formula is C14H20ClN. The topological polar surface area (TPSA) is 12.0 Å². The molecule has 0 atom stereocenters. The Labute approximate surface area is 103 Å². The zero-order chi connectivity index (χ0) is 11.6. The standard InChI is InChI=1S/C14H20ClN/c1-11(2)14(7-8-14)10-16-9-12-3-5-13(15)6-4-12/h3-6,11,16H,7-10H2,1-2H3. The van der Waals surface area contributed by atoms with E-state index in [2.05, 4.69) is 31.3 Å². The average molecular weight is 238 g/mol. The SMILES string of the molecule is CC(C)C1(CNCc2ccc(Cl)cc2)CC1. The molecule has 2 heteroatoms. The van der Waals surface area contributed by atoms with E-state index >= 15 is 0 Å². The smallest absolute Gasteiger partial charge is 0.0406 e. The van der Waals surface area contributed by atoms with Gasteiger partial charge in [0, 0.05) is 18.1 Å². The molecule has 1 fully saturated rings. The summed E-state index contributed by atoms with van der Waals surface area (Å²) in [5.74, 6) is 0.796. The van der Waals surface area contributed by atoms with E-state index in [0.29, 0.717) is 5.41 Å². The third kappa shape index (κ3) is 2.78. The van der Waals surface area contributed by atoms with Crippen molar-refractivity contribution in [2.75, 3.05) is 6.54 Å². The van der Waals surface area contributed by atoms with E-state index in [-0.39, 0.29) is 0 Å². The van der Waals surface area contributed by atoms with E-state index in [9.17, 15) is 0 Å². The highest BCUT2D eigenvalue weighted by atomic mass is 35.5. The second-order valence-electron chi connectivity index (χ2n) is 5.25. The summed E-state index contributed by atoms with van der Waals surface area (Å²) in [7, 11) is 0. The van der Waals surface area contributed by atoms with Crippen LogP contribution in [-0.4, -0.2) is 6.54 Å². The third-order valence-corrected chi connectivity index (χ3v) is 4.09. The van der Waals surface area contributed by atoms with E-state index in [4.69, 9.17) is 11.6 Å². The largest absolute Gasteiger partial charge is 0.312 e. The first-order valence-corrected chi connectivity index (χ1v) is 6.45. The number of halogens is 1. The molecule has 0 heterocycles. The lowest BCUT2D eigenvalue weighted by Crippen LogP contribution is -2.27. The van der Waals surface area contributed by atoms with Gasteiger partial charge in [-0.1, -0.05) is 37.6 Å². The van der Waals surface area contributed by atoms with Crippen LogP contribution in [0.25, 0.3) is 0 Å². The lowest BCUT2D eigenvalue weighted by molar-refractivity contribution is 0.338. The molecule has 0 spiro atoms. The van der Waals surface area contributed by atoms with Crippen LogP contribution in [-0.2, 0) is 6.54 Å². The maximum Gasteiger partial charge on any atom is 0.0406 e. The van der Waals surface area contributed by atoms with E-state index in [1.54, 1.807) is 0 Å². The van der Waals surface area contributed by atoms with Gasteiger partial charge in [-0.05, 0) is 41.9 Å². The van der Waals surface area contributed by atoms with Crippen LogP contribution < -0.4 is 5.32 Å². The third-order valence-electron chi connectivity index (χ3n) is 3.84. The molecule has 0 amide bonds. The van der Waals surface area contributed by atoms with E-state index in [1.807, 2.05) is 12.1 Å². The molecular weight excluding hydrogens is 218 g/mol. The molecule has 0 aromatic heterocycles. The molecule has 0 radical (unpaired) electrons. The molecule has 1 aromatic rings. The first-order chi connectivity index (χ1) is 7.62. The predicted octanol–water partition coefficient (Wildman–Crippen LogP) is 3.87. The molecule has 1 aliphatic rings. The molecule has 1 aromatic carbocycles. The summed E-state index contributed by atoms with van der Waals surface area (Å²) >= 11 is 5.85. The van der Waals surface area contributed by atoms with Crippen molar-refractivity contribution in [2.24, 2.45) is 11.3 Å². The summed E-state index contributed by atoms with van der Waals surface area (Å²) < 4.78 is 0. The minimum absolute atomic E-state index is 0.590. The molecule has 1 N–H and O–H groups in total. The van der Waals surface area contributed by atoms with Crippen LogP contribution in [0.15, 0.2) is 24.3 Å². The minimum atomic E-state index is 0.590. The van der Waals surface area contributed by atoms with Crippen LogP contribution in [0.3, 0.4) is 0 Å². The molecule has 0 unspecified atom stereocenters. The second kappa shape index (κ2) is 4.77. The van der Waals surface area contributed by atoms with Gasteiger partial charge in [0.1, 0.15) is 0 Å². The molecule has 0 saturated heterocycles. The Balaban J connectivity index is 1.78. The Bertz CT molecular complexity index is 338. The number of nitrogens with one attached hydrogen (secondary N) is 1. The highest BCUT2D eigenvalue weighted by Gasteiger charge is 2.44. The van der Waals surface area contributed by atoms with Gasteiger partial charge in [0.25, 0.3) is 0 Å². The van der Waals surface area contributed by atoms with Gasteiger partial charge in [0.2, 0.25) is 0 Å². The van der Waals surface area contributed by atoms with Crippen LogP contribution in [0.1, 0.15) is 32.3 Å². The Morgan fingerprint density at radius 1 is 1.25 bits per heavy atom. The van der Waals surface area contributed by atoms with Crippen LogP contribution in [0, 0.1) is 11.3 Å².